The maximum Gasteiger partial charge on any atom is 0.268 e. The predicted octanol–water partition coefficient (Wildman–Crippen LogP) is 4.02. The number of halogens is 5. The number of hydrogen-bond acceptors (Lipinski definition) is 4. The number of ether oxygens (including phenoxy) is 1. The van der Waals surface area contributed by atoms with Crippen LogP contribution in [0.4, 0.5) is 27.6 Å². The second kappa shape index (κ2) is 9.08. The SMILES string of the molecule is C[C@@H]1Oc2ncc(C(=O)NCc3c(F)cc(F)cc3F)cc2N(Cc2cc(F)cc(F)c2)C1=O. The standard InChI is InChI=1S/C23H16F5N3O3/c1-11-23(33)31(10-12-2-14(24)5-15(25)3-12)20-4-13(8-30-22(20)34-11)21(32)29-9-17-18(27)6-16(26)7-19(17)28/h2-8,11H,9-10H2,1H3,(H,29,32)/t11-/m0/s1. The van der Waals surface area contributed by atoms with Gasteiger partial charge in [0.15, 0.2) is 6.10 Å². The van der Waals surface area contributed by atoms with Crippen LogP contribution in [-0.2, 0) is 17.9 Å². The van der Waals surface area contributed by atoms with Crippen LogP contribution < -0.4 is 15.0 Å². The third-order valence-corrected chi connectivity index (χ3v) is 5.08. The van der Waals surface area contributed by atoms with Gasteiger partial charge < -0.3 is 10.1 Å². The Morgan fingerprint density at radius 1 is 1.00 bits per heavy atom. The summed E-state index contributed by atoms with van der Waals surface area (Å²) in [7, 11) is 0. The van der Waals surface area contributed by atoms with Gasteiger partial charge in [-0.3, -0.25) is 14.5 Å². The third kappa shape index (κ3) is 4.68. The Kier molecular flexibility index (Phi) is 6.18. The number of aromatic nitrogens is 1. The lowest BCUT2D eigenvalue weighted by Gasteiger charge is -2.32. The molecule has 6 nitrogen and oxygen atoms in total. The smallest absolute Gasteiger partial charge is 0.268 e. The Bertz CT molecular complexity index is 1260. The molecule has 3 aromatic rings. The second-order valence-corrected chi connectivity index (χ2v) is 7.54. The number of carbonyl (C=O) groups excluding carboxylic acids is 2. The van der Waals surface area contributed by atoms with E-state index in [9.17, 15) is 31.5 Å². The predicted molar refractivity (Wildman–Crippen MR) is 109 cm³/mol. The Balaban J connectivity index is 1.60. The molecule has 1 aliphatic rings. The fourth-order valence-electron chi connectivity index (χ4n) is 3.46. The zero-order valence-electron chi connectivity index (χ0n) is 17.5. The Morgan fingerprint density at radius 3 is 2.26 bits per heavy atom. The molecule has 4 rings (SSSR count). The van der Waals surface area contributed by atoms with Crippen LogP contribution in [-0.4, -0.2) is 22.9 Å². The topological polar surface area (TPSA) is 71.5 Å². The van der Waals surface area contributed by atoms with Crippen LogP contribution in [0.3, 0.4) is 0 Å². The van der Waals surface area contributed by atoms with Crippen molar-refractivity contribution in [2.75, 3.05) is 4.90 Å². The van der Waals surface area contributed by atoms with Gasteiger partial charge in [0.05, 0.1) is 12.1 Å². The molecule has 1 atom stereocenters. The van der Waals surface area contributed by atoms with E-state index in [2.05, 4.69) is 10.3 Å². The molecule has 0 fully saturated rings. The van der Waals surface area contributed by atoms with Crippen molar-refractivity contribution < 1.29 is 36.3 Å². The van der Waals surface area contributed by atoms with Gasteiger partial charge in [0.1, 0.15) is 34.8 Å². The van der Waals surface area contributed by atoms with Crippen LogP contribution >= 0.6 is 0 Å². The normalized spacial score (nSPS) is 15.1. The number of nitrogens with one attached hydrogen (secondary N) is 1. The quantitative estimate of drug-likeness (QED) is 0.564. The largest absolute Gasteiger partial charge is 0.463 e. The lowest BCUT2D eigenvalue weighted by Crippen LogP contribution is -2.44. The van der Waals surface area contributed by atoms with E-state index >= 15 is 0 Å². The minimum Gasteiger partial charge on any atom is -0.463 e. The van der Waals surface area contributed by atoms with Crippen LogP contribution in [0.1, 0.15) is 28.4 Å². The van der Waals surface area contributed by atoms with Crippen LogP contribution in [0.5, 0.6) is 5.88 Å². The average Bonchev–Trinajstić information content (AvgIpc) is 2.75. The summed E-state index contributed by atoms with van der Waals surface area (Å²) >= 11 is 0. The minimum absolute atomic E-state index is 0.0103. The average molecular weight is 477 g/mol. The summed E-state index contributed by atoms with van der Waals surface area (Å²) in [5.74, 6) is -6.39. The molecule has 0 saturated heterocycles. The molecule has 0 spiro atoms. The number of pyridine rings is 1. The highest BCUT2D eigenvalue weighted by Gasteiger charge is 2.33. The maximum atomic E-state index is 13.8. The van der Waals surface area contributed by atoms with Gasteiger partial charge in [0.2, 0.25) is 5.88 Å². The highest BCUT2D eigenvalue weighted by molar-refractivity contribution is 6.01. The number of fused-ring (bicyclic) bond motifs is 1. The van der Waals surface area contributed by atoms with Gasteiger partial charge in [-0.25, -0.2) is 26.9 Å². The van der Waals surface area contributed by atoms with Gasteiger partial charge in [-0.1, -0.05) is 0 Å². The van der Waals surface area contributed by atoms with Crippen molar-refractivity contribution in [1.82, 2.24) is 10.3 Å². The summed E-state index contributed by atoms with van der Waals surface area (Å²) in [6.07, 6.45) is 0.191. The monoisotopic (exact) mass is 477 g/mol. The van der Waals surface area contributed by atoms with E-state index in [1.54, 1.807) is 0 Å². The van der Waals surface area contributed by atoms with E-state index in [-0.39, 0.29) is 29.2 Å². The molecular formula is C23H16F5N3O3. The molecule has 0 aliphatic carbocycles. The molecule has 1 aliphatic heterocycles. The third-order valence-electron chi connectivity index (χ3n) is 5.08. The fraction of sp³-hybridized carbons (Fsp3) is 0.174. The summed E-state index contributed by atoms with van der Waals surface area (Å²) in [5.41, 5.74) is -0.395. The number of hydrogen-bond donors (Lipinski definition) is 1. The molecule has 2 amide bonds. The van der Waals surface area contributed by atoms with E-state index in [4.69, 9.17) is 4.74 Å². The van der Waals surface area contributed by atoms with E-state index < -0.39 is 59.1 Å². The van der Waals surface area contributed by atoms with Crippen molar-refractivity contribution in [2.45, 2.75) is 26.1 Å². The summed E-state index contributed by atoms with van der Waals surface area (Å²) in [6, 6.07) is 5.05. The molecule has 0 saturated carbocycles. The van der Waals surface area contributed by atoms with Gasteiger partial charge in [-0.05, 0) is 30.7 Å². The fourth-order valence-corrected chi connectivity index (χ4v) is 3.46. The van der Waals surface area contributed by atoms with Crippen molar-refractivity contribution in [3.63, 3.8) is 0 Å². The van der Waals surface area contributed by atoms with Gasteiger partial charge in [0, 0.05) is 36.5 Å². The number of anilines is 1. The van der Waals surface area contributed by atoms with E-state index in [0.29, 0.717) is 18.2 Å². The summed E-state index contributed by atoms with van der Waals surface area (Å²) < 4.78 is 73.4. The molecule has 2 heterocycles. The van der Waals surface area contributed by atoms with E-state index in [1.807, 2.05) is 0 Å². The van der Waals surface area contributed by atoms with Gasteiger partial charge >= 0.3 is 0 Å². The van der Waals surface area contributed by atoms with Crippen LogP contribution in [0.15, 0.2) is 42.6 Å². The maximum absolute atomic E-state index is 13.8. The molecule has 34 heavy (non-hydrogen) atoms. The lowest BCUT2D eigenvalue weighted by atomic mass is 10.1. The molecular weight excluding hydrogens is 461 g/mol. The first kappa shape index (κ1) is 23.1. The number of rotatable bonds is 5. The molecule has 0 radical (unpaired) electrons. The van der Waals surface area contributed by atoms with Crippen molar-refractivity contribution in [2.24, 2.45) is 0 Å². The van der Waals surface area contributed by atoms with Crippen LogP contribution in [0, 0.1) is 29.1 Å². The molecule has 11 heteroatoms. The Morgan fingerprint density at radius 2 is 1.62 bits per heavy atom. The first-order valence-corrected chi connectivity index (χ1v) is 9.97. The van der Waals surface area contributed by atoms with E-state index in [1.165, 1.54) is 17.9 Å². The van der Waals surface area contributed by atoms with Crippen molar-refractivity contribution in [3.8, 4) is 5.88 Å². The summed E-state index contributed by atoms with van der Waals surface area (Å²) in [5, 5.41) is 2.30. The number of carbonyl (C=O) groups is 2. The summed E-state index contributed by atoms with van der Waals surface area (Å²) in [6.45, 7) is 0.665. The zero-order valence-corrected chi connectivity index (χ0v) is 17.5. The molecule has 2 aromatic carbocycles. The lowest BCUT2D eigenvalue weighted by molar-refractivity contribution is -0.125. The minimum atomic E-state index is -1.16. The first-order valence-electron chi connectivity index (χ1n) is 9.97. The number of nitrogens with zero attached hydrogens (tertiary/aromatic N) is 2. The second-order valence-electron chi connectivity index (χ2n) is 7.54. The van der Waals surface area contributed by atoms with Crippen LogP contribution in [0.2, 0.25) is 0 Å². The van der Waals surface area contributed by atoms with E-state index in [0.717, 1.165) is 18.3 Å². The molecule has 1 aromatic heterocycles. The molecule has 1 N–H and O–H groups in total. The van der Waals surface area contributed by atoms with Gasteiger partial charge in [0.25, 0.3) is 11.8 Å². The Labute approximate surface area is 190 Å². The van der Waals surface area contributed by atoms with Crippen LogP contribution in [0.25, 0.3) is 0 Å². The van der Waals surface area contributed by atoms with Crippen molar-refractivity contribution in [1.29, 1.82) is 0 Å². The molecule has 0 bridgehead atoms. The zero-order chi connectivity index (χ0) is 24.6. The summed E-state index contributed by atoms with van der Waals surface area (Å²) in [4.78, 5) is 30.5. The van der Waals surface area contributed by atoms with Crippen molar-refractivity contribution in [3.05, 3.63) is 88.4 Å². The molecule has 176 valence electrons. The first-order chi connectivity index (χ1) is 16.1. The highest BCUT2D eigenvalue weighted by atomic mass is 19.2. The van der Waals surface area contributed by atoms with Gasteiger partial charge in [-0.15, -0.1) is 0 Å². The number of amides is 2. The van der Waals surface area contributed by atoms with Crippen molar-refractivity contribution >= 4 is 17.5 Å². The van der Waals surface area contributed by atoms with Gasteiger partial charge in [-0.2, -0.15) is 0 Å². The Hall–Kier alpha value is -4.02. The molecule has 0 unspecified atom stereocenters. The number of benzene rings is 2. The highest BCUT2D eigenvalue weighted by Crippen LogP contribution is 2.34.